The first-order valence-electron chi connectivity index (χ1n) is 8.46. The molecule has 2 aromatic rings. The van der Waals surface area contributed by atoms with Crippen molar-refractivity contribution in [2.24, 2.45) is 4.99 Å². The zero-order valence-corrected chi connectivity index (χ0v) is 18.2. The quantitative estimate of drug-likeness (QED) is 0.367. The van der Waals surface area contributed by atoms with Crippen LogP contribution in [0.5, 0.6) is 11.5 Å². The number of nitrogens with one attached hydrogen (secondary N) is 2. The summed E-state index contributed by atoms with van der Waals surface area (Å²) in [5.74, 6) is 2.26. The number of methoxy groups -OCH3 is 1. The fraction of sp³-hybridized carbons (Fsp3) is 0.350. The molecule has 0 fully saturated rings. The summed E-state index contributed by atoms with van der Waals surface area (Å²) in [6.45, 7) is 6.04. The summed E-state index contributed by atoms with van der Waals surface area (Å²) >= 11 is 0. The van der Waals surface area contributed by atoms with Crippen molar-refractivity contribution in [3.63, 3.8) is 0 Å². The Labute approximate surface area is 173 Å². The van der Waals surface area contributed by atoms with Gasteiger partial charge in [0.25, 0.3) is 0 Å². The van der Waals surface area contributed by atoms with Crippen molar-refractivity contribution in [2.45, 2.75) is 26.9 Å². The van der Waals surface area contributed by atoms with Crippen molar-refractivity contribution in [1.82, 2.24) is 10.6 Å². The van der Waals surface area contributed by atoms with Gasteiger partial charge in [-0.25, -0.2) is 0 Å². The number of aliphatic imine (C=N–C) groups is 1. The highest BCUT2D eigenvalue weighted by Crippen LogP contribution is 2.27. The van der Waals surface area contributed by atoms with E-state index in [2.05, 4.69) is 46.8 Å². The smallest absolute Gasteiger partial charge is 0.191 e. The molecule has 0 heterocycles. The minimum Gasteiger partial charge on any atom is -0.493 e. The maximum absolute atomic E-state index is 5.55. The molecular formula is C20H28IN3O2. The van der Waals surface area contributed by atoms with Gasteiger partial charge in [-0.05, 0) is 37.1 Å². The average molecular weight is 469 g/mol. The predicted octanol–water partition coefficient (Wildman–Crippen LogP) is 3.89. The lowest BCUT2D eigenvalue weighted by Gasteiger charge is -2.14. The summed E-state index contributed by atoms with van der Waals surface area (Å²) < 4.78 is 10.9. The van der Waals surface area contributed by atoms with Gasteiger partial charge in [0.15, 0.2) is 17.5 Å². The van der Waals surface area contributed by atoms with E-state index >= 15 is 0 Å². The molecule has 0 amide bonds. The zero-order valence-electron chi connectivity index (χ0n) is 15.8. The zero-order chi connectivity index (χ0) is 18.1. The lowest BCUT2D eigenvalue weighted by molar-refractivity contribution is 0.310. The number of aryl methyl sites for hydroxylation is 1. The van der Waals surface area contributed by atoms with Gasteiger partial charge in [-0.15, -0.1) is 24.0 Å². The van der Waals surface area contributed by atoms with Crippen LogP contribution in [0.1, 0.15) is 23.6 Å². The van der Waals surface area contributed by atoms with Crippen LogP contribution in [0.2, 0.25) is 0 Å². The van der Waals surface area contributed by atoms with E-state index in [0.717, 1.165) is 29.6 Å². The molecule has 0 bridgehead atoms. The molecule has 142 valence electrons. The Bertz CT molecular complexity index is 720. The highest BCUT2D eigenvalue weighted by Gasteiger charge is 2.06. The molecule has 2 rings (SSSR count). The molecule has 0 saturated heterocycles. The fourth-order valence-electron chi connectivity index (χ4n) is 2.51. The largest absolute Gasteiger partial charge is 0.493 e. The first-order valence-corrected chi connectivity index (χ1v) is 8.46. The minimum atomic E-state index is 0. The van der Waals surface area contributed by atoms with Crippen LogP contribution in [0, 0.1) is 6.92 Å². The number of halogens is 1. The maximum Gasteiger partial charge on any atom is 0.191 e. The van der Waals surface area contributed by atoms with Crippen molar-refractivity contribution < 1.29 is 9.47 Å². The van der Waals surface area contributed by atoms with Crippen LogP contribution in [0.25, 0.3) is 0 Å². The molecule has 0 aliphatic heterocycles. The standard InChI is InChI=1S/C20H27N3O2.HI/c1-5-25-18-10-9-17(12-19(18)24-4)14-23-20(21-3)22-13-16-8-6-7-15(2)11-16;/h6-12H,5,13-14H2,1-4H3,(H2,21,22,23);1H. The van der Waals surface area contributed by atoms with Gasteiger partial charge in [0.05, 0.1) is 13.7 Å². The normalized spacial score (nSPS) is 10.7. The monoisotopic (exact) mass is 469 g/mol. The number of guanidine groups is 1. The summed E-state index contributed by atoms with van der Waals surface area (Å²) in [7, 11) is 3.42. The number of benzene rings is 2. The third-order valence-corrected chi connectivity index (χ3v) is 3.75. The van der Waals surface area contributed by atoms with Crippen molar-refractivity contribution in [3.8, 4) is 11.5 Å². The van der Waals surface area contributed by atoms with E-state index in [1.54, 1.807) is 14.2 Å². The topological polar surface area (TPSA) is 54.9 Å². The highest BCUT2D eigenvalue weighted by molar-refractivity contribution is 14.0. The van der Waals surface area contributed by atoms with Gasteiger partial charge in [-0.3, -0.25) is 4.99 Å². The Morgan fingerprint density at radius 2 is 1.69 bits per heavy atom. The van der Waals surface area contributed by atoms with Crippen LogP contribution >= 0.6 is 24.0 Å². The van der Waals surface area contributed by atoms with E-state index in [0.29, 0.717) is 13.2 Å². The second-order valence-electron chi connectivity index (χ2n) is 5.69. The van der Waals surface area contributed by atoms with Gasteiger partial charge in [0.2, 0.25) is 0 Å². The molecular weight excluding hydrogens is 441 g/mol. The molecule has 6 heteroatoms. The molecule has 0 atom stereocenters. The van der Waals surface area contributed by atoms with Gasteiger partial charge >= 0.3 is 0 Å². The Morgan fingerprint density at radius 1 is 1.00 bits per heavy atom. The Balaban J connectivity index is 0.00000338. The average Bonchev–Trinajstić information content (AvgIpc) is 2.63. The molecule has 0 radical (unpaired) electrons. The van der Waals surface area contributed by atoms with Gasteiger partial charge < -0.3 is 20.1 Å². The highest BCUT2D eigenvalue weighted by atomic mass is 127. The first kappa shape index (κ1) is 22.1. The van der Waals surface area contributed by atoms with Crippen LogP contribution in [0.3, 0.4) is 0 Å². The van der Waals surface area contributed by atoms with Crippen LogP contribution in [-0.2, 0) is 13.1 Å². The van der Waals surface area contributed by atoms with Gasteiger partial charge in [0, 0.05) is 20.1 Å². The molecule has 0 spiro atoms. The Kier molecular flexibility index (Phi) is 9.87. The van der Waals surface area contributed by atoms with Crippen molar-refractivity contribution >= 4 is 29.9 Å². The van der Waals surface area contributed by atoms with E-state index in [9.17, 15) is 0 Å². The lowest BCUT2D eigenvalue weighted by Crippen LogP contribution is -2.36. The second kappa shape index (κ2) is 11.6. The number of nitrogens with zero attached hydrogens (tertiary/aromatic N) is 1. The van der Waals surface area contributed by atoms with Crippen LogP contribution in [0.15, 0.2) is 47.5 Å². The minimum absolute atomic E-state index is 0. The van der Waals surface area contributed by atoms with Crippen LogP contribution in [0.4, 0.5) is 0 Å². The Hall–Kier alpha value is -1.96. The third-order valence-electron chi connectivity index (χ3n) is 3.75. The van der Waals surface area contributed by atoms with E-state index in [-0.39, 0.29) is 24.0 Å². The third kappa shape index (κ3) is 6.74. The van der Waals surface area contributed by atoms with E-state index in [1.165, 1.54) is 11.1 Å². The van der Waals surface area contributed by atoms with E-state index < -0.39 is 0 Å². The van der Waals surface area contributed by atoms with Gasteiger partial charge in [-0.1, -0.05) is 35.9 Å². The van der Waals surface area contributed by atoms with E-state index in [4.69, 9.17) is 9.47 Å². The molecule has 0 aliphatic carbocycles. The predicted molar refractivity (Wildman–Crippen MR) is 118 cm³/mol. The molecule has 2 aromatic carbocycles. The lowest BCUT2D eigenvalue weighted by atomic mass is 10.1. The molecule has 0 aliphatic rings. The second-order valence-corrected chi connectivity index (χ2v) is 5.69. The van der Waals surface area contributed by atoms with Crippen molar-refractivity contribution in [3.05, 3.63) is 59.2 Å². The summed E-state index contributed by atoms with van der Waals surface area (Å²) in [4.78, 5) is 4.27. The molecule has 0 aromatic heterocycles. The summed E-state index contributed by atoms with van der Waals surface area (Å²) in [5, 5.41) is 6.64. The number of hydrogen-bond acceptors (Lipinski definition) is 3. The molecule has 5 nitrogen and oxygen atoms in total. The SMILES string of the molecule is CCOc1ccc(CNC(=NC)NCc2cccc(C)c2)cc1OC.I. The van der Waals surface area contributed by atoms with Gasteiger partial charge in [-0.2, -0.15) is 0 Å². The van der Waals surface area contributed by atoms with Crippen LogP contribution < -0.4 is 20.1 Å². The molecule has 0 saturated carbocycles. The summed E-state index contributed by atoms with van der Waals surface area (Å²) in [6.07, 6.45) is 0. The maximum atomic E-state index is 5.55. The van der Waals surface area contributed by atoms with Crippen molar-refractivity contribution in [1.29, 1.82) is 0 Å². The van der Waals surface area contributed by atoms with E-state index in [1.807, 2.05) is 25.1 Å². The number of rotatable bonds is 7. The fourth-order valence-corrected chi connectivity index (χ4v) is 2.51. The Morgan fingerprint density at radius 3 is 2.27 bits per heavy atom. The number of hydrogen-bond donors (Lipinski definition) is 2. The van der Waals surface area contributed by atoms with Crippen LogP contribution in [-0.4, -0.2) is 26.7 Å². The molecule has 2 N–H and O–H groups in total. The van der Waals surface area contributed by atoms with Crippen molar-refractivity contribution in [2.75, 3.05) is 20.8 Å². The molecule has 26 heavy (non-hydrogen) atoms. The molecule has 0 unspecified atom stereocenters. The first-order chi connectivity index (χ1) is 12.2. The summed E-state index contributed by atoms with van der Waals surface area (Å²) in [6, 6.07) is 14.4. The van der Waals surface area contributed by atoms with Gasteiger partial charge in [0.1, 0.15) is 0 Å². The summed E-state index contributed by atoms with van der Waals surface area (Å²) in [5.41, 5.74) is 3.58. The number of ether oxygens (including phenoxy) is 2.